The Morgan fingerprint density at radius 2 is 2.17 bits per heavy atom. The maximum Gasteiger partial charge on any atom is 0.407 e. The van der Waals surface area contributed by atoms with Crippen LogP contribution < -0.4 is 5.32 Å². The molecule has 12 heavy (non-hydrogen) atoms. The summed E-state index contributed by atoms with van der Waals surface area (Å²) in [7, 11) is 0. The Hall–Kier alpha value is -0.730. The number of rotatable bonds is 3. The summed E-state index contributed by atoms with van der Waals surface area (Å²) in [6.45, 7) is 4.00. The minimum absolute atomic E-state index is 0.287. The number of carbonyl (C=O) groups excluding carboxylic acids is 1. The predicted molar refractivity (Wildman–Crippen MR) is 46.7 cm³/mol. The van der Waals surface area contributed by atoms with Crippen LogP contribution in [0, 0.1) is 6.92 Å². The Morgan fingerprint density at radius 1 is 1.50 bits per heavy atom. The molecule has 1 radical (unpaired) electrons. The maximum atomic E-state index is 11.0. The van der Waals surface area contributed by atoms with Gasteiger partial charge in [0, 0.05) is 6.04 Å². The summed E-state index contributed by atoms with van der Waals surface area (Å²) in [6.07, 6.45) is 4.99. The van der Waals surface area contributed by atoms with Crippen LogP contribution in [0.3, 0.4) is 0 Å². The smallest absolute Gasteiger partial charge is 0.407 e. The molecule has 1 N–H and O–H groups in total. The average molecular weight is 170 g/mol. The molecule has 0 aliphatic heterocycles. The summed E-state index contributed by atoms with van der Waals surface area (Å²) in [5, 5.41) is 2.82. The quantitative estimate of drug-likeness (QED) is 0.702. The van der Waals surface area contributed by atoms with Gasteiger partial charge in [-0.05, 0) is 26.2 Å². The van der Waals surface area contributed by atoms with Crippen molar-refractivity contribution in [3.8, 4) is 0 Å². The highest BCUT2D eigenvalue weighted by Crippen LogP contribution is 2.17. The van der Waals surface area contributed by atoms with E-state index >= 15 is 0 Å². The van der Waals surface area contributed by atoms with Gasteiger partial charge in [-0.3, -0.25) is 0 Å². The molecule has 1 rings (SSSR count). The Labute approximate surface area is 73.5 Å². The third-order valence-electron chi connectivity index (χ3n) is 2.05. The molecule has 1 aliphatic rings. The van der Waals surface area contributed by atoms with Crippen molar-refractivity contribution in [3.05, 3.63) is 6.92 Å². The summed E-state index contributed by atoms with van der Waals surface area (Å²) in [5.74, 6) is 0. The number of hydrogen-bond acceptors (Lipinski definition) is 2. The molecule has 0 unspecified atom stereocenters. The second kappa shape index (κ2) is 5.01. The molecular formula is C9H16NO2. The van der Waals surface area contributed by atoms with Crippen molar-refractivity contribution in [2.45, 2.75) is 38.1 Å². The van der Waals surface area contributed by atoms with Gasteiger partial charge in [0.15, 0.2) is 0 Å². The molecule has 1 fully saturated rings. The van der Waals surface area contributed by atoms with Crippen LogP contribution in [0.5, 0.6) is 0 Å². The van der Waals surface area contributed by atoms with Crippen LogP contribution in [-0.2, 0) is 4.74 Å². The molecule has 69 valence electrons. The number of alkyl carbamates (subject to hydrolysis) is 1. The molecule has 3 nitrogen and oxygen atoms in total. The van der Waals surface area contributed by atoms with Gasteiger partial charge in [0.25, 0.3) is 0 Å². The van der Waals surface area contributed by atoms with Crippen molar-refractivity contribution in [3.63, 3.8) is 0 Å². The van der Waals surface area contributed by atoms with Gasteiger partial charge in [0.05, 0.1) is 6.61 Å². The van der Waals surface area contributed by atoms with E-state index in [-0.39, 0.29) is 6.09 Å². The fourth-order valence-electron chi connectivity index (χ4n) is 1.44. The van der Waals surface area contributed by atoms with Crippen LogP contribution in [0.15, 0.2) is 0 Å². The lowest BCUT2D eigenvalue weighted by molar-refractivity contribution is 0.144. The molecular weight excluding hydrogens is 154 g/mol. The van der Waals surface area contributed by atoms with Crippen LogP contribution in [0.2, 0.25) is 0 Å². The zero-order valence-electron chi connectivity index (χ0n) is 7.34. The molecule has 3 heteroatoms. The van der Waals surface area contributed by atoms with Crippen molar-refractivity contribution in [2.24, 2.45) is 0 Å². The Balaban J connectivity index is 2.08. The van der Waals surface area contributed by atoms with E-state index in [0.717, 1.165) is 12.8 Å². The van der Waals surface area contributed by atoms with E-state index in [1.807, 2.05) is 0 Å². The lowest BCUT2D eigenvalue weighted by Crippen LogP contribution is -2.33. The van der Waals surface area contributed by atoms with Crippen molar-refractivity contribution in [1.82, 2.24) is 5.32 Å². The fraction of sp³-hybridized carbons (Fsp3) is 0.778. The molecule has 1 aliphatic carbocycles. The molecule has 0 aromatic rings. The molecule has 0 spiro atoms. The van der Waals surface area contributed by atoms with E-state index < -0.39 is 0 Å². The number of amides is 1. The first-order valence-corrected chi connectivity index (χ1v) is 4.55. The topological polar surface area (TPSA) is 38.3 Å². The van der Waals surface area contributed by atoms with Crippen LogP contribution >= 0.6 is 0 Å². The third-order valence-corrected chi connectivity index (χ3v) is 2.05. The van der Waals surface area contributed by atoms with Gasteiger partial charge in [-0.25, -0.2) is 4.79 Å². The SMILES string of the molecule is [CH2]CCOC(=O)NC1CCCC1. The zero-order valence-corrected chi connectivity index (χ0v) is 7.34. The fourth-order valence-corrected chi connectivity index (χ4v) is 1.44. The summed E-state index contributed by atoms with van der Waals surface area (Å²) in [5.41, 5.74) is 0. The Morgan fingerprint density at radius 3 is 2.75 bits per heavy atom. The summed E-state index contributed by atoms with van der Waals surface area (Å²) >= 11 is 0. The molecule has 0 bridgehead atoms. The number of hydrogen-bond donors (Lipinski definition) is 1. The molecule has 0 saturated heterocycles. The van der Waals surface area contributed by atoms with Crippen LogP contribution in [0.25, 0.3) is 0 Å². The van der Waals surface area contributed by atoms with Crippen molar-refractivity contribution in [1.29, 1.82) is 0 Å². The second-order valence-electron chi connectivity index (χ2n) is 3.12. The Bertz CT molecular complexity index is 141. The second-order valence-corrected chi connectivity index (χ2v) is 3.12. The number of carbonyl (C=O) groups is 1. The van der Waals surface area contributed by atoms with E-state index in [4.69, 9.17) is 4.74 Å². The monoisotopic (exact) mass is 170 g/mol. The van der Waals surface area contributed by atoms with Gasteiger partial charge in [0.2, 0.25) is 0 Å². The highest BCUT2D eigenvalue weighted by Gasteiger charge is 2.17. The lowest BCUT2D eigenvalue weighted by Gasteiger charge is -2.11. The largest absolute Gasteiger partial charge is 0.450 e. The standard InChI is InChI=1S/C9H16NO2/c1-2-7-12-9(11)10-8-5-3-4-6-8/h8H,1-7H2,(H,10,11). The molecule has 0 aromatic carbocycles. The van der Waals surface area contributed by atoms with Crippen molar-refractivity contribution < 1.29 is 9.53 Å². The normalized spacial score (nSPS) is 17.8. The molecule has 1 amide bonds. The van der Waals surface area contributed by atoms with Crippen LogP contribution in [0.4, 0.5) is 4.79 Å². The summed E-state index contributed by atoms with van der Waals surface area (Å²) in [6, 6.07) is 0.349. The lowest BCUT2D eigenvalue weighted by atomic mass is 10.3. The summed E-state index contributed by atoms with van der Waals surface area (Å²) < 4.78 is 4.84. The number of ether oxygens (including phenoxy) is 1. The third kappa shape index (κ3) is 3.11. The van der Waals surface area contributed by atoms with E-state index in [2.05, 4.69) is 12.2 Å². The molecule has 1 saturated carbocycles. The van der Waals surface area contributed by atoms with Gasteiger partial charge in [-0.1, -0.05) is 12.8 Å². The molecule has 0 heterocycles. The maximum absolute atomic E-state index is 11.0. The van der Waals surface area contributed by atoms with E-state index in [1.54, 1.807) is 0 Å². The summed E-state index contributed by atoms with van der Waals surface area (Å²) in [4.78, 5) is 11.0. The van der Waals surface area contributed by atoms with Gasteiger partial charge in [0.1, 0.15) is 0 Å². The van der Waals surface area contributed by atoms with Crippen molar-refractivity contribution in [2.75, 3.05) is 6.61 Å². The van der Waals surface area contributed by atoms with Crippen molar-refractivity contribution >= 4 is 6.09 Å². The average Bonchev–Trinajstić information content (AvgIpc) is 2.53. The van der Waals surface area contributed by atoms with Crippen LogP contribution in [-0.4, -0.2) is 18.7 Å². The molecule has 0 atom stereocenters. The van der Waals surface area contributed by atoms with Gasteiger partial charge < -0.3 is 10.1 Å². The van der Waals surface area contributed by atoms with E-state index in [0.29, 0.717) is 19.1 Å². The highest BCUT2D eigenvalue weighted by molar-refractivity contribution is 5.67. The van der Waals surface area contributed by atoms with Gasteiger partial charge >= 0.3 is 6.09 Å². The van der Waals surface area contributed by atoms with E-state index in [9.17, 15) is 4.79 Å². The first-order chi connectivity index (χ1) is 5.83. The minimum atomic E-state index is -0.287. The highest BCUT2D eigenvalue weighted by atomic mass is 16.5. The van der Waals surface area contributed by atoms with Crippen LogP contribution in [0.1, 0.15) is 32.1 Å². The predicted octanol–water partition coefficient (Wildman–Crippen LogP) is 1.88. The Kier molecular flexibility index (Phi) is 3.91. The number of nitrogens with one attached hydrogen (secondary N) is 1. The zero-order chi connectivity index (χ0) is 8.81. The first kappa shape index (κ1) is 9.36. The first-order valence-electron chi connectivity index (χ1n) is 4.55. The minimum Gasteiger partial charge on any atom is -0.450 e. The molecule has 0 aromatic heterocycles. The van der Waals surface area contributed by atoms with Gasteiger partial charge in [-0.2, -0.15) is 0 Å². The van der Waals surface area contributed by atoms with E-state index in [1.165, 1.54) is 12.8 Å². The van der Waals surface area contributed by atoms with Gasteiger partial charge in [-0.15, -0.1) is 0 Å².